The molecule has 4 N–H and O–H groups in total. The first kappa shape index (κ1) is 13.6. The number of nitrogens with two attached hydrogens (primary N) is 1. The summed E-state index contributed by atoms with van der Waals surface area (Å²) in [5, 5.41) is 12.2. The van der Waals surface area contributed by atoms with Crippen molar-refractivity contribution in [2.75, 3.05) is 17.6 Å². The number of carboxylic acid groups (broad SMARTS) is 1. The van der Waals surface area contributed by atoms with Crippen molar-refractivity contribution < 1.29 is 9.90 Å². The van der Waals surface area contributed by atoms with Crippen LogP contribution in [-0.4, -0.2) is 22.6 Å². The van der Waals surface area contributed by atoms with Crippen molar-refractivity contribution in [3.8, 4) is 0 Å². The molecule has 0 atom stereocenters. The van der Waals surface area contributed by atoms with Crippen LogP contribution in [0.15, 0.2) is 12.3 Å². The molecule has 0 saturated heterocycles. The highest BCUT2D eigenvalue weighted by Gasteiger charge is 2.27. The molecule has 5 nitrogen and oxygen atoms in total. The number of nitrogens with zero attached hydrogens (tertiary/aromatic N) is 1. The number of anilines is 2. The zero-order valence-electron chi connectivity index (χ0n) is 11.3. The van der Waals surface area contributed by atoms with Crippen molar-refractivity contribution >= 4 is 17.5 Å². The van der Waals surface area contributed by atoms with Gasteiger partial charge >= 0.3 is 5.97 Å². The lowest BCUT2D eigenvalue weighted by atomic mass is 9.76. The molecule has 0 radical (unpaired) electrons. The van der Waals surface area contributed by atoms with Crippen molar-refractivity contribution in [1.82, 2.24) is 4.98 Å². The minimum Gasteiger partial charge on any atom is -0.478 e. The van der Waals surface area contributed by atoms with E-state index in [4.69, 9.17) is 10.8 Å². The van der Waals surface area contributed by atoms with Crippen LogP contribution in [0.2, 0.25) is 0 Å². The molecular formula is C14H21N3O2. The lowest BCUT2D eigenvalue weighted by molar-refractivity contribution is 0.0698. The monoisotopic (exact) mass is 263 g/mol. The van der Waals surface area contributed by atoms with E-state index in [-0.39, 0.29) is 16.7 Å². The van der Waals surface area contributed by atoms with Crippen molar-refractivity contribution in [3.63, 3.8) is 0 Å². The summed E-state index contributed by atoms with van der Waals surface area (Å²) in [6.45, 7) is 3.05. The molecule has 0 bridgehead atoms. The summed E-state index contributed by atoms with van der Waals surface area (Å²) in [6.07, 6.45) is 7.69. The Morgan fingerprint density at radius 2 is 2.16 bits per heavy atom. The van der Waals surface area contributed by atoms with Gasteiger partial charge in [0.15, 0.2) is 0 Å². The summed E-state index contributed by atoms with van der Waals surface area (Å²) in [7, 11) is 0. The Labute approximate surface area is 113 Å². The average Bonchev–Trinajstić information content (AvgIpc) is 2.38. The zero-order valence-corrected chi connectivity index (χ0v) is 11.3. The Balaban J connectivity index is 2.07. The van der Waals surface area contributed by atoms with E-state index in [0.29, 0.717) is 5.82 Å². The molecule has 1 aromatic rings. The van der Waals surface area contributed by atoms with E-state index in [1.54, 1.807) is 0 Å². The Morgan fingerprint density at radius 1 is 1.47 bits per heavy atom. The van der Waals surface area contributed by atoms with Gasteiger partial charge in [-0.3, -0.25) is 0 Å². The van der Waals surface area contributed by atoms with Crippen LogP contribution < -0.4 is 11.1 Å². The number of aromatic carboxylic acids is 1. The Kier molecular flexibility index (Phi) is 3.93. The van der Waals surface area contributed by atoms with E-state index in [0.717, 1.165) is 6.54 Å². The van der Waals surface area contributed by atoms with Gasteiger partial charge in [0, 0.05) is 12.7 Å². The number of carboxylic acids is 1. The van der Waals surface area contributed by atoms with E-state index in [9.17, 15) is 4.79 Å². The number of hydrogen-bond donors (Lipinski definition) is 3. The highest BCUT2D eigenvalue weighted by molar-refractivity contribution is 5.96. The number of rotatable bonds is 4. The summed E-state index contributed by atoms with van der Waals surface area (Å²) in [5.41, 5.74) is 6.41. The minimum atomic E-state index is -1.02. The van der Waals surface area contributed by atoms with Gasteiger partial charge in [0.1, 0.15) is 5.82 Å². The number of nitrogens with one attached hydrogen (secondary N) is 1. The van der Waals surface area contributed by atoms with Gasteiger partial charge in [-0.15, -0.1) is 0 Å². The first-order valence-corrected chi connectivity index (χ1v) is 6.73. The van der Waals surface area contributed by atoms with Gasteiger partial charge < -0.3 is 16.2 Å². The molecule has 1 heterocycles. The van der Waals surface area contributed by atoms with Crippen LogP contribution >= 0.6 is 0 Å². The summed E-state index contributed by atoms with van der Waals surface area (Å²) < 4.78 is 0. The smallest absolute Gasteiger partial charge is 0.337 e. The number of hydrogen-bond acceptors (Lipinski definition) is 4. The molecule has 19 heavy (non-hydrogen) atoms. The summed E-state index contributed by atoms with van der Waals surface area (Å²) in [4.78, 5) is 15.1. The summed E-state index contributed by atoms with van der Waals surface area (Å²) in [6, 6.07) is 1.42. The van der Waals surface area contributed by atoms with Gasteiger partial charge in [-0.25, -0.2) is 9.78 Å². The van der Waals surface area contributed by atoms with Crippen LogP contribution in [0.1, 0.15) is 49.4 Å². The molecule has 0 spiro atoms. The van der Waals surface area contributed by atoms with Crippen molar-refractivity contribution in [2.45, 2.75) is 39.0 Å². The van der Waals surface area contributed by atoms with Crippen LogP contribution in [0.3, 0.4) is 0 Å². The third-order valence-electron chi connectivity index (χ3n) is 3.96. The molecule has 2 rings (SSSR count). The van der Waals surface area contributed by atoms with Gasteiger partial charge in [0.2, 0.25) is 0 Å². The molecule has 1 aliphatic rings. The normalized spacial score (nSPS) is 17.9. The highest BCUT2D eigenvalue weighted by Crippen LogP contribution is 2.36. The third-order valence-corrected chi connectivity index (χ3v) is 3.96. The van der Waals surface area contributed by atoms with E-state index in [1.807, 2.05) is 0 Å². The summed E-state index contributed by atoms with van der Waals surface area (Å²) >= 11 is 0. The molecule has 0 amide bonds. The van der Waals surface area contributed by atoms with E-state index < -0.39 is 5.97 Å². The lowest BCUT2D eigenvalue weighted by Gasteiger charge is -2.34. The standard InChI is InChI=1S/C14H21N3O2/c1-14(6-3-2-4-7-14)9-17-12-11(15)10(13(18)19)5-8-16-12/h5,8H,2-4,6-7,9,15H2,1H3,(H,16,17)(H,18,19). The molecule has 1 fully saturated rings. The molecular weight excluding hydrogens is 242 g/mol. The van der Waals surface area contributed by atoms with Gasteiger partial charge in [-0.2, -0.15) is 0 Å². The van der Waals surface area contributed by atoms with Crippen molar-refractivity contribution in [2.24, 2.45) is 5.41 Å². The average molecular weight is 263 g/mol. The molecule has 1 aliphatic carbocycles. The van der Waals surface area contributed by atoms with Crippen LogP contribution in [0, 0.1) is 5.41 Å². The van der Waals surface area contributed by atoms with Crippen LogP contribution in [0.5, 0.6) is 0 Å². The Bertz CT molecular complexity index is 468. The maximum Gasteiger partial charge on any atom is 0.337 e. The molecule has 104 valence electrons. The van der Waals surface area contributed by atoms with Gasteiger partial charge in [-0.05, 0) is 24.3 Å². The number of aromatic nitrogens is 1. The predicted octanol–water partition coefficient (Wildman–Crippen LogP) is 2.74. The number of nitrogen functional groups attached to an aromatic ring is 1. The highest BCUT2D eigenvalue weighted by atomic mass is 16.4. The molecule has 5 heteroatoms. The molecule has 0 aliphatic heterocycles. The maximum absolute atomic E-state index is 11.0. The van der Waals surface area contributed by atoms with Crippen LogP contribution in [-0.2, 0) is 0 Å². The summed E-state index contributed by atoms with van der Waals surface area (Å²) in [5.74, 6) is -0.543. The number of carbonyl (C=O) groups is 1. The van der Waals surface area contributed by atoms with E-state index >= 15 is 0 Å². The largest absolute Gasteiger partial charge is 0.478 e. The van der Waals surface area contributed by atoms with Gasteiger partial charge in [0.25, 0.3) is 0 Å². The Hall–Kier alpha value is -1.78. The first-order valence-electron chi connectivity index (χ1n) is 6.73. The number of pyridine rings is 1. The Morgan fingerprint density at radius 3 is 2.79 bits per heavy atom. The third kappa shape index (κ3) is 3.16. The van der Waals surface area contributed by atoms with Crippen molar-refractivity contribution in [1.29, 1.82) is 0 Å². The van der Waals surface area contributed by atoms with Gasteiger partial charge in [-0.1, -0.05) is 26.2 Å². The molecule has 1 aromatic heterocycles. The van der Waals surface area contributed by atoms with E-state index in [2.05, 4.69) is 17.2 Å². The molecule has 0 unspecified atom stereocenters. The van der Waals surface area contributed by atoms with E-state index in [1.165, 1.54) is 44.4 Å². The van der Waals surface area contributed by atoms with Gasteiger partial charge in [0.05, 0.1) is 11.3 Å². The minimum absolute atomic E-state index is 0.103. The molecule has 0 aromatic carbocycles. The molecule has 1 saturated carbocycles. The second-order valence-corrected chi connectivity index (χ2v) is 5.65. The van der Waals surface area contributed by atoms with Crippen molar-refractivity contribution in [3.05, 3.63) is 17.8 Å². The SMILES string of the molecule is CC1(CNc2nccc(C(=O)O)c2N)CCCCC1. The second-order valence-electron chi connectivity index (χ2n) is 5.65. The fourth-order valence-corrected chi connectivity index (χ4v) is 2.68. The predicted molar refractivity (Wildman–Crippen MR) is 75.3 cm³/mol. The first-order chi connectivity index (χ1) is 9.02. The van der Waals surface area contributed by atoms with Crippen LogP contribution in [0.4, 0.5) is 11.5 Å². The fraction of sp³-hybridized carbons (Fsp3) is 0.571. The second kappa shape index (κ2) is 5.47. The topological polar surface area (TPSA) is 88.2 Å². The van der Waals surface area contributed by atoms with Crippen LogP contribution in [0.25, 0.3) is 0 Å². The maximum atomic E-state index is 11.0. The fourth-order valence-electron chi connectivity index (χ4n) is 2.68. The quantitative estimate of drug-likeness (QED) is 0.777. The zero-order chi connectivity index (χ0) is 13.9. The lowest BCUT2D eigenvalue weighted by Crippen LogP contribution is -2.29.